The molecule has 1 aliphatic heterocycles. The van der Waals surface area contributed by atoms with E-state index < -0.39 is 17.3 Å². The van der Waals surface area contributed by atoms with Gasteiger partial charge in [0, 0.05) is 19.8 Å². The van der Waals surface area contributed by atoms with Crippen LogP contribution in [0.5, 0.6) is 0 Å². The summed E-state index contributed by atoms with van der Waals surface area (Å²) >= 11 is 0. The van der Waals surface area contributed by atoms with Crippen LogP contribution in [0.3, 0.4) is 0 Å². The Balaban J connectivity index is 1.80. The third-order valence-electron chi connectivity index (χ3n) is 4.55. The number of benzene rings is 1. The molecule has 5 heteroatoms. The molecule has 0 spiro atoms. The topological polar surface area (TPSA) is 62.5 Å². The fraction of sp³-hybridized carbons (Fsp3) is 0.333. The first-order valence-corrected chi connectivity index (χ1v) is 7.66. The van der Waals surface area contributed by atoms with Crippen molar-refractivity contribution in [1.82, 2.24) is 9.47 Å². The maximum atomic E-state index is 12.5. The highest BCUT2D eigenvalue weighted by Gasteiger charge is 2.42. The number of likely N-dealkylation sites (tertiary alicyclic amines) is 1. The largest absolute Gasteiger partial charge is 0.383 e. The Kier molecular flexibility index (Phi) is 3.82. The highest BCUT2D eigenvalue weighted by molar-refractivity contribution is 6.42. The lowest BCUT2D eigenvalue weighted by Gasteiger charge is -2.25. The first kappa shape index (κ1) is 15.5. The quantitative estimate of drug-likeness (QED) is 0.692. The van der Waals surface area contributed by atoms with E-state index in [4.69, 9.17) is 0 Å². The molecule has 1 N–H and O–H groups in total. The van der Waals surface area contributed by atoms with Gasteiger partial charge in [-0.2, -0.15) is 0 Å². The maximum Gasteiger partial charge on any atom is 0.296 e. The van der Waals surface area contributed by atoms with Gasteiger partial charge in [0.25, 0.3) is 11.7 Å². The van der Waals surface area contributed by atoms with Crippen molar-refractivity contribution in [2.45, 2.75) is 18.9 Å². The number of amides is 1. The molecule has 23 heavy (non-hydrogen) atoms. The lowest BCUT2D eigenvalue weighted by atomic mass is 9.89. The molecule has 1 fully saturated rings. The van der Waals surface area contributed by atoms with E-state index in [-0.39, 0.29) is 6.54 Å². The summed E-state index contributed by atoms with van der Waals surface area (Å²) in [5.74, 6) is -1.09. The Bertz CT molecular complexity index is 765. The van der Waals surface area contributed by atoms with Crippen LogP contribution in [0, 0.1) is 6.92 Å². The van der Waals surface area contributed by atoms with E-state index in [9.17, 15) is 14.7 Å². The van der Waals surface area contributed by atoms with Crippen molar-refractivity contribution < 1.29 is 14.7 Å². The molecule has 1 atom stereocenters. The summed E-state index contributed by atoms with van der Waals surface area (Å²) in [6.45, 7) is 2.46. The van der Waals surface area contributed by atoms with Crippen molar-refractivity contribution >= 4 is 11.7 Å². The lowest BCUT2D eigenvalue weighted by Crippen LogP contribution is -2.38. The van der Waals surface area contributed by atoms with E-state index in [0.29, 0.717) is 18.7 Å². The second-order valence-electron chi connectivity index (χ2n) is 6.16. The van der Waals surface area contributed by atoms with Crippen LogP contribution in [0.2, 0.25) is 0 Å². The Morgan fingerprint density at radius 2 is 1.91 bits per heavy atom. The molecule has 1 aromatic carbocycles. The average molecular weight is 312 g/mol. The number of aliphatic hydroxyl groups is 1. The van der Waals surface area contributed by atoms with E-state index in [1.165, 1.54) is 4.90 Å². The summed E-state index contributed by atoms with van der Waals surface area (Å²) in [6, 6.07) is 11.0. The fourth-order valence-corrected chi connectivity index (χ4v) is 3.23. The summed E-state index contributed by atoms with van der Waals surface area (Å²) in [4.78, 5) is 26.2. The molecule has 2 heterocycles. The molecule has 1 unspecified atom stereocenters. The van der Waals surface area contributed by atoms with Gasteiger partial charge in [0.15, 0.2) is 0 Å². The maximum absolute atomic E-state index is 12.5. The van der Waals surface area contributed by atoms with Crippen molar-refractivity contribution in [2.24, 2.45) is 7.05 Å². The monoisotopic (exact) mass is 312 g/mol. The molecule has 1 saturated heterocycles. The third-order valence-corrected chi connectivity index (χ3v) is 4.55. The predicted octanol–water partition coefficient (Wildman–Crippen LogP) is 1.64. The van der Waals surface area contributed by atoms with Crippen molar-refractivity contribution in [2.75, 3.05) is 13.1 Å². The molecule has 0 radical (unpaired) electrons. The van der Waals surface area contributed by atoms with Crippen molar-refractivity contribution in [3.8, 4) is 0 Å². The standard InChI is InChI=1S/C18H20N2O3/c1-13-6-3-4-7-14(13)18(23)9-11-20(12-18)17(22)16(21)15-8-5-10-19(15)2/h3-8,10,23H,9,11-12H2,1-2H3. The fourth-order valence-electron chi connectivity index (χ4n) is 3.23. The van der Waals surface area contributed by atoms with Crippen LogP contribution >= 0.6 is 0 Å². The molecule has 2 aromatic rings. The molecule has 120 valence electrons. The zero-order valence-corrected chi connectivity index (χ0v) is 13.3. The minimum atomic E-state index is -1.09. The molecule has 5 nitrogen and oxygen atoms in total. The minimum absolute atomic E-state index is 0.146. The van der Waals surface area contributed by atoms with Gasteiger partial charge in [0.1, 0.15) is 5.60 Å². The van der Waals surface area contributed by atoms with Crippen molar-refractivity contribution in [3.63, 3.8) is 0 Å². The van der Waals surface area contributed by atoms with Gasteiger partial charge in [-0.25, -0.2) is 0 Å². The third kappa shape index (κ3) is 2.68. The highest BCUT2D eigenvalue weighted by Crippen LogP contribution is 2.34. The first-order valence-electron chi connectivity index (χ1n) is 7.66. The second kappa shape index (κ2) is 5.66. The number of carbonyl (C=O) groups is 2. The zero-order valence-electron chi connectivity index (χ0n) is 13.3. The van der Waals surface area contributed by atoms with Crippen LogP contribution in [0.1, 0.15) is 28.0 Å². The number of nitrogens with zero attached hydrogens (tertiary/aromatic N) is 2. The van der Waals surface area contributed by atoms with Gasteiger partial charge in [-0.1, -0.05) is 24.3 Å². The number of aromatic nitrogens is 1. The number of hydrogen-bond donors (Lipinski definition) is 1. The molecular weight excluding hydrogens is 292 g/mol. The number of hydrogen-bond acceptors (Lipinski definition) is 3. The minimum Gasteiger partial charge on any atom is -0.383 e. The molecule has 3 rings (SSSR count). The van der Waals surface area contributed by atoms with Crippen LogP contribution < -0.4 is 0 Å². The Morgan fingerprint density at radius 3 is 2.57 bits per heavy atom. The van der Waals surface area contributed by atoms with E-state index in [0.717, 1.165) is 11.1 Å². The molecule has 1 amide bonds. The summed E-state index contributed by atoms with van der Waals surface area (Å²) in [5.41, 5.74) is 1.08. The molecule has 1 aliphatic rings. The van der Waals surface area contributed by atoms with Gasteiger partial charge < -0.3 is 14.6 Å². The summed E-state index contributed by atoms with van der Waals surface area (Å²) in [6.07, 6.45) is 2.16. The molecule has 0 aliphatic carbocycles. The number of ketones is 1. The van der Waals surface area contributed by atoms with E-state index in [1.807, 2.05) is 31.2 Å². The predicted molar refractivity (Wildman–Crippen MR) is 86.0 cm³/mol. The Hall–Kier alpha value is -2.40. The van der Waals surface area contributed by atoms with Gasteiger partial charge in [-0.3, -0.25) is 9.59 Å². The van der Waals surface area contributed by atoms with E-state index in [1.54, 1.807) is 29.9 Å². The number of β-amino-alcohol motifs (C(OH)–C–C–N with tert-alkyl or cyclic N) is 1. The molecular formula is C18H20N2O3. The Morgan fingerprint density at radius 1 is 1.17 bits per heavy atom. The van der Waals surface area contributed by atoms with E-state index in [2.05, 4.69) is 0 Å². The summed E-state index contributed by atoms with van der Waals surface area (Å²) in [7, 11) is 1.73. The molecule has 1 aromatic heterocycles. The van der Waals surface area contributed by atoms with Crippen molar-refractivity contribution in [1.29, 1.82) is 0 Å². The van der Waals surface area contributed by atoms with Crippen LogP contribution in [-0.4, -0.2) is 39.4 Å². The SMILES string of the molecule is Cc1ccccc1C1(O)CCN(C(=O)C(=O)c2cccn2C)C1. The van der Waals surface area contributed by atoms with Crippen LogP contribution in [0.15, 0.2) is 42.6 Å². The zero-order chi connectivity index (χ0) is 16.6. The average Bonchev–Trinajstić information content (AvgIpc) is 3.13. The number of aryl methyl sites for hydroxylation is 2. The number of rotatable bonds is 3. The van der Waals surface area contributed by atoms with Gasteiger partial charge in [-0.15, -0.1) is 0 Å². The summed E-state index contributed by atoms with van der Waals surface area (Å²) in [5, 5.41) is 10.9. The van der Waals surface area contributed by atoms with Crippen molar-refractivity contribution in [3.05, 3.63) is 59.4 Å². The van der Waals surface area contributed by atoms with Gasteiger partial charge in [-0.05, 0) is 36.6 Å². The highest BCUT2D eigenvalue weighted by atomic mass is 16.3. The lowest BCUT2D eigenvalue weighted by molar-refractivity contribution is -0.126. The van der Waals surface area contributed by atoms with Gasteiger partial charge >= 0.3 is 0 Å². The Labute approximate surface area is 135 Å². The van der Waals surface area contributed by atoms with Crippen LogP contribution in [0.25, 0.3) is 0 Å². The normalized spacial score (nSPS) is 20.7. The van der Waals surface area contributed by atoms with Crippen LogP contribution in [-0.2, 0) is 17.4 Å². The van der Waals surface area contributed by atoms with Crippen LogP contribution in [0.4, 0.5) is 0 Å². The molecule has 0 bridgehead atoms. The van der Waals surface area contributed by atoms with E-state index >= 15 is 0 Å². The second-order valence-corrected chi connectivity index (χ2v) is 6.16. The smallest absolute Gasteiger partial charge is 0.296 e. The van der Waals surface area contributed by atoms with Gasteiger partial charge in [0.05, 0.1) is 12.2 Å². The number of carbonyl (C=O) groups excluding carboxylic acids is 2. The summed E-state index contributed by atoms with van der Waals surface area (Å²) < 4.78 is 1.63. The first-order chi connectivity index (χ1) is 10.9. The van der Waals surface area contributed by atoms with Gasteiger partial charge in [0.2, 0.25) is 0 Å². The number of Topliss-reactive ketones (excluding diaryl/α,β-unsaturated/α-hetero) is 1. The molecule has 0 saturated carbocycles.